The van der Waals surface area contributed by atoms with Crippen molar-refractivity contribution in [2.45, 2.75) is 20.8 Å². The van der Waals surface area contributed by atoms with Crippen LogP contribution in [0.25, 0.3) is 11.3 Å². The maximum absolute atomic E-state index is 12.4. The van der Waals surface area contributed by atoms with E-state index in [1.165, 1.54) is 0 Å². The van der Waals surface area contributed by atoms with Crippen LogP contribution in [-0.4, -0.2) is 35.5 Å². The molecule has 0 spiro atoms. The molecule has 7 nitrogen and oxygen atoms in total. The Bertz CT molecular complexity index is 976. The minimum absolute atomic E-state index is 0.352. The van der Waals surface area contributed by atoms with E-state index < -0.39 is 0 Å². The molecular formula is C22H24N4O3. The van der Waals surface area contributed by atoms with E-state index in [9.17, 15) is 4.79 Å². The van der Waals surface area contributed by atoms with E-state index in [4.69, 9.17) is 9.47 Å². The van der Waals surface area contributed by atoms with Gasteiger partial charge in [-0.15, -0.1) is 0 Å². The fourth-order valence-corrected chi connectivity index (χ4v) is 2.81. The highest BCUT2D eigenvalue weighted by molar-refractivity contribution is 5.96. The minimum atomic E-state index is -0.352. The zero-order valence-corrected chi connectivity index (χ0v) is 16.7. The molecule has 1 heterocycles. The molecule has 29 heavy (non-hydrogen) atoms. The number of ether oxygens (including phenoxy) is 2. The molecule has 2 aromatic carbocycles. The van der Waals surface area contributed by atoms with Crippen molar-refractivity contribution < 1.29 is 14.3 Å². The van der Waals surface area contributed by atoms with Gasteiger partial charge in [-0.05, 0) is 74.9 Å². The van der Waals surface area contributed by atoms with E-state index in [0.717, 1.165) is 28.2 Å². The lowest BCUT2D eigenvalue weighted by atomic mass is 10.1. The fraction of sp³-hybridized carbons (Fsp3) is 0.227. The molecule has 1 amide bonds. The number of amides is 1. The number of nitrogens with zero attached hydrogens (tertiary/aromatic N) is 2. The number of H-pyrrole nitrogens is 1. The van der Waals surface area contributed by atoms with Gasteiger partial charge >= 0.3 is 0 Å². The summed E-state index contributed by atoms with van der Waals surface area (Å²) in [5.74, 6) is 1.24. The van der Waals surface area contributed by atoms with Crippen molar-refractivity contribution in [3.05, 3.63) is 65.4 Å². The SMILES string of the molecule is CCOc1ccc(/C=N\NC(=O)c2[nH]nc(-c3ccc(OCC)cc3)c2C)cc1. The number of nitrogens with one attached hydrogen (secondary N) is 2. The first-order valence-corrected chi connectivity index (χ1v) is 9.46. The zero-order chi connectivity index (χ0) is 20.6. The number of hydrogen-bond donors (Lipinski definition) is 2. The number of benzene rings is 2. The van der Waals surface area contributed by atoms with Crippen LogP contribution in [0.15, 0.2) is 53.6 Å². The quantitative estimate of drug-likeness (QED) is 0.449. The second kappa shape index (κ2) is 9.54. The van der Waals surface area contributed by atoms with Crippen LogP contribution in [0.3, 0.4) is 0 Å². The Morgan fingerprint density at radius 3 is 2.21 bits per heavy atom. The van der Waals surface area contributed by atoms with Gasteiger partial charge in [-0.25, -0.2) is 5.43 Å². The van der Waals surface area contributed by atoms with Crippen LogP contribution in [0.2, 0.25) is 0 Å². The zero-order valence-electron chi connectivity index (χ0n) is 16.7. The highest BCUT2D eigenvalue weighted by Crippen LogP contribution is 2.25. The van der Waals surface area contributed by atoms with Crippen LogP contribution < -0.4 is 14.9 Å². The fourth-order valence-electron chi connectivity index (χ4n) is 2.81. The average Bonchev–Trinajstić information content (AvgIpc) is 3.12. The maximum atomic E-state index is 12.4. The molecule has 0 atom stereocenters. The molecule has 7 heteroatoms. The number of rotatable bonds is 8. The van der Waals surface area contributed by atoms with Gasteiger partial charge in [0.15, 0.2) is 0 Å². The molecule has 0 saturated carbocycles. The Hall–Kier alpha value is -3.61. The number of carbonyl (C=O) groups excluding carboxylic acids is 1. The van der Waals surface area contributed by atoms with Gasteiger partial charge in [0.1, 0.15) is 17.2 Å². The van der Waals surface area contributed by atoms with E-state index >= 15 is 0 Å². The van der Waals surface area contributed by atoms with E-state index in [0.29, 0.717) is 24.6 Å². The largest absolute Gasteiger partial charge is 0.494 e. The monoisotopic (exact) mass is 392 g/mol. The van der Waals surface area contributed by atoms with Crippen molar-refractivity contribution >= 4 is 12.1 Å². The van der Waals surface area contributed by atoms with Crippen LogP contribution in [0, 0.1) is 6.92 Å². The number of aromatic amines is 1. The minimum Gasteiger partial charge on any atom is -0.494 e. The van der Waals surface area contributed by atoms with E-state index in [1.54, 1.807) is 6.21 Å². The molecule has 150 valence electrons. The summed E-state index contributed by atoms with van der Waals surface area (Å²) < 4.78 is 10.9. The topological polar surface area (TPSA) is 88.6 Å². The molecule has 0 fully saturated rings. The Kier molecular flexibility index (Phi) is 6.63. The van der Waals surface area contributed by atoms with Gasteiger partial charge in [-0.2, -0.15) is 10.2 Å². The van der Waals surface area contributed by atoms with Gasteiger partial charge in [0, 0.05) is 11.1 Å². The van der Waals surface area contributed by atoms with Crippen molar-refractivity contribution in [1.29, 1.82) is 0 Å². The molecule has 0 aliphatic rings. The summed E-state index contributed by atoms with van der Waals surface area (Å²) in [5.41, 5.74) is 6.12. The normalized spacial score (nSPS) is 10.9. The third kappa shape index (κ3) is 5.01. The number of aromatic nitrogens is 2. The standard InChI is InChI=1S/C22H24N4O3/c1-4-28-18-10-6-16(7-11-18)14-23-26-22(27)21-15(3)20(24-25-21)17-8-12-19(13-9-17)29-5-2/h6-14H,4-5H2,1-3H3,(H,24,25)(H,26,27)/b23-14-. The lowest BCUT2D eigenvalue weighted by Crippen LogP contribution is -2.19. The number of hydrazone groups is 1. The first kappa shape index (κ1) is 20.1. The molecular weight excluding hydrogens is 368 g/mol. The van der Waals surface area contributed by atoms with Crippen molar-refractivity contribution in [2.24, 2.45) is 5.10 Å². The van der Waals surface area contributed by atoms with Crippen LogP contribution in [0.5, 0.6) is 11.5 Å². The molecule has 3 aromatic rings. The molecule has 0 aliphatic heterocycles. The highest BCUT2D eigenvalue weighted by Gasteiger charge is 2.16. The van der Waals surface area contributed by atoms with Gasteiger partial charge in [-0.3, -0.25) is 9.89 Å². The van der Waals surface area contributed by atoms with E-state index in [-0.39, 0.29) is 5.91 Å². The van der Waals surface area contributed by atoms with Crippen molar-refractivity contribution in [1.82, 2.24) is 15.6 Å². The summed E-state index contributed by atoms with van der Waals surface area (Å²) in [5, 5.41) is 11.1. The second-order valence-electron chi connectivity index (χ2n) is 6.23. The third-order valence-corrected chi connectivity index (χ3v) is 4.25. The first-order valence-electron chi connectivity index (χ1n) is 9.46. The molecule has 2 N–H and O–H groups in total. The summed E-state index contributed by atoms with van der Waals surface area (Å²) in [6.07, 6.45) is 1.58. The van der Waals surface area contributed by atoms with Crippen LogP contribution in [0.1, 0.15) is 35.5 Å². The van der Waals surface area contributed by atoms with E-state index in [2.05, 4.69) is 20.7 Å². The van der Waals surface area contributed by atoms with Crippen LogP contribution in [-0.2, 0) is 0 Å². The maximum Gasteiger partial charge on any atom is 0.289 e. The molecule has 3 rings (SSSR count). The third-order valence-electron chi connectivity index (χ3n) is 4.25. The predicted octanol–water partition coefficient (Wildman–Crippen LogP) is 3.95. The number of hydrogen-bond acceptors (Lipinski definition) is 5. The summed E-state index contributed by atoms with van der Waals surface area (Å²) in [6.45, 7) is 6.95. The molecule has 0 radical (unpaired) electrons. The Morgan fingerprint density at radius 2 is 1.62 bits per heavy atom. The Morgan fingerprint density at radius 1 is 1.03 bits per heavy atom. The molecule has 0 aliphatic carbocycles. The van der Waals surface area contributed by atoms with Gasteiger partial charge in [-0.1, -0.05) is 0 Å². The molecule has 0 bridgehead atoms. The lowest BCUT2D eigenvalue weighted by Gasteiger charge is -2.04. The van der Waals surface area contributed by atoms with Crippen molar-refractivity contribution in [3.63, 3.8) is 0 Å². The summed E-state index contributed by atoms with van der Waals surface area (Å²) >= 11 is 0. The molecule has 0 saturated heterocycles. The smallest absolute Gasteiger partial charge is 0.289 e. The Balaban J connectivity index is 1.65. The first-order chi connectivity index (χ1) is 14.1. The van der Waals surface area contributed by atoms with Crippen molar-refractivity contribution in [3.8, 4) is 22.8 Å². The summed E-state index contributed by atoms with van der Waals surface area (Å²) in [6, 6.07) is 15.0. The van der Waals surface area contributed by atoms with E-state index in [1.807, 2.05) is 69.3 Å². The molecule has 1 aromatic heterocycles. The molecule has 0 unspecified atom stereocenters. The van der Waals surface area contributed by atoms with Crippen molar-refractivity contribution in [2.75, 3.05) is 13.2 Å². The second-order valence-corrected chi connectivity index (χ2v) is 6.23. The van der Waals surface area contributed by atoms with Gasteiger partial charge in [0.05, 0.1) is 25.1 Å². The van der Waals surface area contributed by atoms with Crippen LogP contribution >= 0.6 is 0 Å². The average molecular weight is 392 g/mol. The lowest BCUT2D eigenvalue weighted by molar-refractivity contribution is 0.0949. The summed E-state index contributed by atoms with van der Waals surface area (Å²) in [4.78, 5) is 12.4. The summed E-state index contributed by atoms with van der Waals surface area (Å²) in [7, 11) is 0. The van der Waals surface area contributed by atoms with Gasteiger partial charge in [0.2, 0.25) is 0 Å². The van der Waals surface area contributed by atoms with Gasteiger partial charge < -0.3 is 9.47 Å². The van der Waals surface area contributed by atoms with Gasteiger partial charge in [0.25, 0.3) is 5.91 Å². The predicted molar refractivity (Wildman–Crippen MR) is 113 cm³/mol. The number of carbonyl (C=O) groups is 1. The van der Waals surface area contributed by atoms with Crippen LogP contribution in [0.4, 0.5) is 0 Å². The highest BCUT2D eigenvalue weighted by atomic mass is 16.5. The Labute approximate surface area is 169 Å².